The molecule has 33 heavy (non-hydrogen) atoms. The van der Waals surface area contributed by atoms with Crippen LogP contribution in [0.25, 0.3) is 5.65 Å². The lowest BCUT2D eigenvalue weighted by molar-refractivity contribution is -0.137. The summed E-state index contributed by atoms with van der Waals surface area (Å²) < 4.78 is 20.0. The van der Waals surface area contributed by atoms with Gasteiger partial charge in [-0.2, -0.15) is 5.10 Å². The van der Waals surface area contributed by atoms with E-state index in [1.54, 1.807) is 53.1 Å². The molecule has 0 spiro atoms. The van der Waals surface area contributed by atoms with Crippen molar-refractivity contribution in [2.45, 2.75) is 25.3 Å². The van der Waals surface area contributed by atoms with Gasteiger partial charge in [0.15, 0.2) is 11.3 Å². The maximum Gasteiger partial charge on any atom is 0.274 e. The number of methoxy groups -OCH3 is 1. The Balaban J connectivity index is 1.45. The topological polar surface area (TPSA) is 80.0 Å². The molecule has 1 saturated heterocycles. The number of aromatic nitrogens is 3. The van der Waals surface area contributed by atoms with Crippen molar-refractivity contribution in [3.63, 3.8) is 0 Å². The Morgan fingerprint density at radius 2 is 1.97 bits per heavy atom. The molecule has 0 aliphatic carbocycles. The number of benzene rings is 1. The second-order valence-electron chi connectivity index (χ2n) is 8.42. The van der Waals surface area contributed by atoms with Gasteiger partial charge in [-0.05, 0) is 48.9 Å². The Hall–Kier alpha value is -3.33. The molecule has 0 bridgehead atoms. The molecule has 1 atom stereocenters. The Morgan fingerprint density at radius 1 is 1.24 bits per heavy atom. The molecule has 3 aromatic rings. The standard InChI is InChI=1S/C24H28FN5O3/c1-28(23(31)16-33-2)21(14-17-4-6-19(25)7-5-17)18-8-12-29(13-9-18)24(32)20-15-22-26-10-3-11-30(22)27-20/h3-7,10-11,15,18,21H,8-9,12-14,16H2,1-2H3/t21-/m1/s1. The second-order valence-corrected chi connectivity index (χ2v) is 8.42. The van der Waals surface area contributed by atoms with Crippen molar-refractivity contribution < 1.29 is 18.7 Å². The lowest BCUT2D eigenvalue weighted by atomic mass is 9.85. The summed E-state index contributed by atoms with van der Waals surface area (Å²) in [6, 6.07) is 9.78. The van der Waals surface area contributed by atoms with Crippen LogP contribution in [-0.4, -0.2) is 76.1 Å². The summed E-state index contributed by atoms with van der Waals surface area (Å²) in [7, 11) is 3.29. The average molecular weight is 454 g/mol. The predicted octanol–water partition coefficient (Wildman–Crippen LogP) is 2.44. The fourth-order valence-corrected chi connectivity index (χ4v) is 4.48. The van der Waals surface area contributed by atoms with Gasteiger partial charge in [-0.15, -0.1) is 0 Å². The van der Waals surface area contributed by atoms with Gasteiger partial charge in [0.2, 0.25) is 5.91 Å². The van der Waals surface area contributed by atoms with Crippen molar-refractivity contribution in [3.8, 4) is 0 Å². The molecule has 0 radical (unpaired) electrons. The van der Waals surface area contributed by atoms with Gasteiger partial charge < -0.3 is 14.5 Å². The zero-order chi connectivity index (χ0) is 23.4. The fourth-order valence-electron chi connectivity index (χ4n) is 4.48. The van der Waals surface area contributed by atoms with Gasteiger partial charge in [-0.1, -0.05) is 12.1 Å². The van der Waals surface area contributed by atoms with E-state index in [0.717, 1.165) is 18.4 Å². The summed E-state index contributed by atoms with van der Waals surface area (Å²) in [5.41, 5.74) is 1.98. The van der Waals surface area contributed by atoms with E-state index < -0.39 is 0 Å². The normalized spacial score (nSPS) is 15.5. The average Bonchev–Trinajstić information content (AvgIpc) is 3.27. The number of halogens is 1. The first kappa shape index (κ1) is 22.8. The molecule has 0 N–H and O–H groups in total. The van der Waals surface area contributed by atoms with E-state index in [1.807, 2.05) is 4.90 Å². The maximum atomic E-state index is 13.4. The van der Waals surface area contributed by atoms with Crippen LogP contribution in [0, 0.1) is 11.7 Å². The van der Waals surface area contributed by atoms with E-state index in [1.165, 1.54) is 19.2 Å². The van der Waals surface area contributed by atoms with Crippen molar-refractivity contribution >= 4 is 17.5 Å². The molecular formula is C24H28FN5O3. The summed E-state index contributed by atoms with van der Waals surface area (Å²) in [5.74, 6) is -0.293. The summed E-state index contributed by atoms with van der Waals surface area (Å²) in [5, 5.41) is 4.34. The van der Waals surface area contributed by atoms with Crippen LogP contribution in [-0.2, 0) is 16.0 Å². The third-order valence-electron chi connectivity index (χ3n) is 6.34. The van der Waals surface area contributed by atoms with Crippen LogP contribution in [0.2, 0.25) is 0 Å². The number of hydrogen-bond donors (Lipinski definition) is 0. The number of hydrogen-bond acceptors (Lipinski definition) is 5. The molecule has 1 aliphatic rings. The zero-order valence-electron chi connectivity index (χ0n) is 18.9. The number of ether oxygens (including phenoxy) is 1. The number of likely N-dealkylation sites (N-methyl/N-ethyl adjacent to an activating group) is 1. The largest absolute Gasteiger partial charge is 0.375 e. The quantitative estimate of drug-likeness (QED) is 0.549. The van der Waals surface area contributed by atoms with Gasteiger partial charge in [0.25, 0.3) is 5.91 Å². The Labute approximate surface area is 192 Å². The van der Waals surface area contributed by atoms with E-state index in [-0.39, 0.29) is 36.2 Å². The van der Waals surface area contributed by atoms with Crippen LogP contribution in [0.1, 0.15) is 28.9 Å². The summed E-state index contributed by atoms with van der Waals surface area (Å²) in [4.78, 5) is 33.3. The predicted molar refractivity (Wildman–Crippen MR) is 120 cm³/mol. The van der Waals surface area contributed by atoms with E-state index in [9.17, 15) is 14.0 Å². The number of fused-ring (bicyclic) bond motifs is 1. The molecule has 9 heteroatoms. The van der Waals surface area contributed by atoms with Gasteiger partial charge in [-0.3, -0.25) is 9.59 Å². The highest BCUT2D eigenvalue weighted by Gasteiger charge is 2.33. The number of amides is 2. The first-order valence-electron chi connectivity index (χ1n) is 11.0. The minimum absolute atomic E-state index is 0.00959. The molecular weight excluding hydrogens is 425 g/mol. The van der Waals surface area contributed by atoms with Crippen LogP contribution < -0.4 is 0 Å². The van der Waals surface area contributed by atoms with E-state index in [0.29, 0.717) is 30.9 Å². The van der Waals surface area contributed by atoms with Gasteiger partial charge in [0, 0.05) is 51.7 Å². The lowest BCUT2D eigenvalue weighted by Gasteiger charge is -2.40. The number of carbonyl (C=O) groups is 2. The third kappa shape index (κ3) is 5.19. The molecule has 1 aliphatic heterocycles. The van der Waals surface area contributed by atoms with Crippen molar-refractivity contribution in [1.82, 2.24) is 24.4 Å². The summed E-state index contributed by atoms with van der Waals surface area (Å²) in [6.07, 6.45) is 5.56. The van der Waals surface area contributed by atoms with Gasteiger partial charge in [0.1, 0.15) is 12.4 Å². The zero-order valence-corrected chi connectivity index (χ0v) is 18.9. The number of carbonyl (C=O) groups excluding carboxylic acids is 2. The Morgan fingerprint density at radius 3 is 2.64 bits per heavy atom. The second kappa shape index (κ2) is 10.1. The maximum absolute atomic E-state index is 13.4. The highest BCUT2D eigenvalue weighted by Crippen LogP contribution is 2.27. The minimum Gasteiger partial charge on any atom is -0.375 e. The highest BCUT2D eigenvalue weighted by atomic mass is 19.1. The number of rotatable bonds is 7. The Bertz CT molecular complexity index is 1080. The van der Waals surface area contributed by atoms with Crippen molar-refractivity contribution in [2.75, 3.05) is 33.9 Å². The lowest BCUT2D eigenvalue weighted by Crippen LogP contribution is -2.49. The number of nitrogens with zero attached hydrogens (tertiary/aromatic N) is 5. The van der Waals surface area contributed by atoms with Gasteiger partial charge >= 0.3 is 0 Å². The van der Waals surface area contributed by atoms with E-state index in [2.05, 4.69) is 10.1 Å². The molecule has 2 aromatic heterocycles. The molecule has 4 rings (SSSR count). The minimum atomic E-state index is -0.284. The van der Waals surface area contributed by atoms with Crippen molar-refractivity contribution in [1.29, 1.82) is 0 Å². The monoisotopic (exact) mass is 453 g/mol. The third-order valence-corrected chi connectivity index (χ3v) is 6.34. The highest BCUT2D eigenvalue weighted by molar-refractivity contribution is 5.93. The van der Waals surface area contributed by atoms with Crippen LogP contribution in [0.15, 0.2) is 48.8 Å². The van der Waals surface area contributed by atoms with Crippen LogP contribution in [0.5, 0.6) is 0 Å². The number of likely N-dealkylation sites (tertiary alicyclic amines) is 1. The van der Waals surface area contributed by atoms with Crippen LogP contribution in [0.4, 0.5) is 4.39 Å². The molecule has 174 valence electrons. The van der Waals surface area contributed by atoms with E-state index >= 15 is 0 Å². The van der Waals surface area contributed by atoms with Crippen molar-refractivity contribution in [3.05, 3.63) is 65.9 Å². The molecule has 1 aromatic carbocycles. The van der Waals surface area contributed by atoms with Gasteiger partial charge in [0.05, 0.1) is 0 Å². The molecule has 8 nitrogen and oxygen atoms in total. The molecule has 3 heterocycles. The summed E-state index contributed by atoms with van der Waals surface area (Å²) in [6.45, 7) is 1.17. The first-order valence-corrected chi connectivity index (χ1v) is 11.0. The molecule has 0 unspecified atom stereocenters. The van der Waals surface area contributed by atoms with Crippen LogP contribution >= 0.6 is 0 Å². The molecule has 1 fully saturated rings. The molecule has 2 amide bonds. The van der Waals surface area contributed by atoms with Crippen molar-refractivity contribution in [2.24, 2.45) is 5.92 Å². The van der Waals surface area contributed by atoms with Gasteiger partial charge in [-0.25, -0.2) is 13.9 Å². The molecule has 0 saturated carbocycles. The smallest absolute Gasteiger partial charge is 0.274 e. The summed E-state index contributed by atoms with van der Waals surface area (Å²) >= 11 is 0. The first-order chi connectivity index (χ1) is 16.0. The van der Waals surface area contributed by atoms with Crippen LogP contribution in [0.3, 0.4) is 0 Å². The SMILES string of the molecule is COCC(=O)N(C)[C@H](Cc1ccc(F)cc1)C1CCN(C(=O)c2cc3ncccn3n2)CC1. The van der Waals surface area contributed by atoms with E-state index in [4.69, 9.17) is 4.74 Å². The fraction of sp³-hybridized carbons (Fsp3) is 0.417. The number of piperidine rings is 1. The Kier molecular flexibility index (Phi) is 6.98.